The first-order chi connectivity index (χ1) is 32.8. The van der Waals surface area contributed by atoms with Crippen LogP contribution in [0.2, 0.25) is 0 Å². The molecule has 68 heavy (non-hydrogen) atoms. The highest BCUT2D eigenvalue weighted by Gasteiger charge is 2.42. The average Bonchev–Trinajstić information content (AvgIpc) is 4.19. The van der Waals surface area contributed by atoms with Gasteiger partial charge in [-0.3, -0.25) is 23.7 Å². The number of aryl methyl sites for hydroxylation is 1. The van der Waals surface area contributed by atoms with Crippen LogP contribution in [0.15, 0.2) is 60.5 Å². The van der Waals surface area contributed by atoms with Crippen LogP contribution in [0.4, 0.5) is 17.5 Å². The predicted octanol–water partition coefficient (Wildman–Crippen LogP) is 7.28. The second-order valence-corrected chi connectivity index (χ2v) is 19.6. The number of thiazole rings is 1. The number of nitriles is 1. The lowest BCUT2D eigenvalue weighted by atomic mass is 9.85. The smallest absolute Gasteiger partial charge is 0.251 e. The van der Waals surface area contributed by atoms with E-state index in [1.54, 1.807) is 47.0 Å². The molecule has 4 N–H and O–H groups in total. The average molecular weight is 941 g/mol. The number of fused-ring (bicyclic) bond motifs is 3. The molecule has 1 saturated carbocycles. The van der Waals surface area contributed by atoms with Crippen molar-refractivity contribution in [1.29, 1.82) is 5.26 Å². The van der Waals surface area contributed by atoms with Gasteiger partial charge >= 0.3 is 0 Å². The number of likely N-dealkylation sites (tertiary alicyclic amines) is 1. The van der Waals surface area contributed by atoms with Gasteiger partial charge in [-0.1, -0.05) is 64.8 Å². The number of methoxy groups -OCH3 is 1. The van der Waals surface area contributed by atoms with E-state index in [9.17, 15) is 24.4 Å². The maximum atomic E-state index is 14.1. The van der Waals surface area contributed by atoms with E-state index in [0.717, 1.165) is 71.0 Å². The number of carbonyl (C=O) groups excluding carboxylic acids is 4. The van der Waals surface area contributed by atoms with Crippen molar-refractivity contribution in [2.45, 2.75) is 123 Å². The van der Waals surface area contributed by atoms with Crippen LogP contribution >= 0.6 is 11.3 Å². The normalized spacial score (nSPS) is 17.2. The van der Waals surface area contributed by atoms with Gasteiger partial charge in [0.15, 0.2) is 11.5 Å². The SMILES string of the molecule is CC[C@@H]1c2c(C#N)ncn2-c2cnc(Nc3ccc(C(=O)NCCCC(=O)N[C@H](C(=O)N4CCC[C@H]4C(=O)NCc4ccc(-c5scnc5C)cc4)C(C)(C)C)cc3OC)nc2N1C1CCCC1. The first kappa shape index (κ1) is 47.6. The Balaban J connectivity index is 0.840. The van der Waals surface area contributed by atoms with E-state index >= 15 is 0 Å². The maximum Gasteiger partial charge on any atom is 0.251 e. The number of rotatable bonds is 16. The van der Waals surface area contributed by atoms with E-state index in [-0.39, 0.29) is 48.7 Å². The van der Waals surface area contributed by atoms with E-state index in [2.05, 4.69) is 54.1 Å². The highest BCUT2D eigenvalue weighted by molar-refractivity contribution is 7.13. The molecule has 0 unspecified atom stereocenters. The number of nitrogens with zero attached hydrogens (tertiary/aromatic N) is 8. The predicted molar refractivity (Wildman–Crippen MR) is 260 cm³/mol. The van der Waals surface area contributed by atoms with E-state index in [1.807, 2.05) is 62.0 Å². The fraction of sp³-hybridized carbons (Fsp3) is 0.460. The zero-order valence-electron chi connectivity index (χ0n) is 39.6. The summed E-state index contributed by atoms with van der Waals surface area (Å²) in [5.74, 6) is 0.383. The Bertz CT molecular complexity index is 2700. The fourth-order valence-corrected chi connectivity index (χ4v) is 10.5. The molecule has 2 aromatic carbocycles. The quantitative estimate of drug-likeness (QED) is 0.0719. The first-order valence-corrected chi connectivity index (χ1v) is 24.4. The molecule has 2 fully saturated rings. The standard InChI is InChI=1S/C50H60N12O5S/c1-7-37-42-36(25-51)55-28-61(42)39-27-54-49(59-45(39)62(37)34-12-8-9-13-34)57-35-21-20-33(24-40(35)67-6)46(64)52-22-10-15-41(63)58-44(50(3,4)5)48(66)60-23-11-14-38(60)47(65)53-26-31-16-18-32(19-17-31)43-30(2)56-29-68-43/h16-21,24,27-29,34,37-38,44H,7-15,22-23,26H2,1-6H3,(H,52,64)(H,53,65)(H,58,63)(H,54,57,59)/t37-,38+,44-/m1/s1. The van der Waals surface area contributed by atoms with Crippen LogP contribution in [0.3, 0.4) is 0 Å². The summed E-state index contributed by atoms with van der Waals surface area (Å²) >= 11 is 1.59. The summed E-state index contributed by atoms with van der Waals surface area (Å²) in [5, 5.41) is 22.0. The number of hydrogen-bond donors (Lipinski definition) is 4. The number of carbonyl (C=O) groups is 4. The molecule has 17 nitrogen and oxygen atoms in total. The number of anilines is 3. The van der Waals surface area contributed by atoms with Crippen LogP contribution in [0.1, 0.15) is 125 Å². The van der Waals surface area contributed by atoms with Crippen molar-refractivity contribution in [1.82, 2.24) is 45.4 Å². The van der Waals surface area contributed by atoms with Crippen LogP contribution in [0, 0.1) is 23.7 Å². The molecule has 5 heterocycles. The number of benzene rings is 2. The molecule has 5 aromatic rings. The first-order valence-electron chi connectivity index (χ1n) is 23.5. The summed E-state index contributed by atoms with van der Waals surface area (Å²) in [7, 11) is 1.52. The van der Waals surface area contributed by atoms with Gasteiger partial charge in [0.25, 0.3) is 5.91 Å². The highest BCUT2D eigenvalue weighted by Crippen LogP contribution is 2.45. The second kappa shape index (κ2) is 20.6. The lowest BCUT2D eigenvalue weighted by molar-refractivity contribution is -0.143. The molecular weight excluding hydrogens is 881 g/mol. The Morgan fingerprint density at radius 2 is 1.78 bits per heavy atom. The summed E-state index contributed by atoms with van der Waals surface area (Å²) in [6, 6.07) is 14.1. The van der Waals surface area contributed by atoms with Crippen molar-refractivity contribution in [3.8, 4) is 27.9 Å². The molecule has 8 rings (SSSR count). The molecule has 18 heteroatoms. The van der Waals surface area contributed by atoms with Crippen LogP contribution in [0.5, 0.6) is 5.75 Å². The molecule has 2 aliphatic heterocycles. The maximum absolute atomic E-state index is 14.1. The fourth-order valence-electron chi connectivity index (χ4n) is 9.64. The Morgan fingerprint density at radius 1 is 1.00 bits per heavy atom. The van der Waals surface area contributed by atoms with Crippen LogP contribution in [-0.2, 0) is 20.9 Å². The number of aromatic nitrogens is 5. The van der Waals surface area contributed by atoms with Gasteiger partial charge in [0.1, 0.15) is 35.9 Å². The van der Waals surface area contributed by atoms with E-state index < -0.39 is 17.5 Å². The molecule has 0 radical (unpaired) electrons. The molecule has 3 aromatic heterocycles. The Hall–Kier alpha value is -6.87. The Kier molecular flexibility index (Phi) is 14.4. The monoisotopic (exact) mass is 940 g/mol. The Morgan fingerprint density at radius 3 is 2.47 bits per heavy atom. The topological polar surface area (TPSA) is 212 Å². The van der Waals surface area contributed by atoms with Gasteiger partial charge in [0.2, 0.25) is 23.7 Å². The van der Waals surface area contributed by atoms with Gasteiger partial charge in [0, 0.05) is 37.7 Å². The molecule has 1 saturated heterocycles. The van der Waals surface area contributed by atoms with Crippen molar-refractivity contribution >= 4 is 52.4 Å². The van der Waals surface area contributed by atoms with Crippen molar-refractivity contribution in [3.05, 3.63) is 88.7 Å². The number of ether oxygens (including phenoxy) is 1. The van der Waals surface area contributed by atoms with Gasteiger partial charge in [-0.15, -0.1) is 11.3 Å². The zero-order chi connectivity index (χ0) is 48.1. The third-order valence-corrected chi connectivity index (χ3v) is 14.2. The van der Waals surface area contributed by atoms with Crippen molar-refractivity contribution < 1.29 is 23.9 Å². The van der Waals surface area contributed by atoms with E-state index in [0.29, 0.717) is 61.0 Å². The molecule has 1 aliphatic carbocycles. The van der Waals surface area contributed by atoms with E-state index in [4.69, 9.17) is 9.72 Å². The van der Waals surface area contributed by atoms with E-state index in [1.165, 1.54) is 7.11 Å². The molecular formula is C50H60N12O5S. The largest absolute Gasteiger partial charge is 0.495 e. The minimum atomic E-state index is -0.853. The number of amides is 4. The van der Waals surface area contributed by atoms with Gasteiger partial charge in [-0.2, -0.15) is 10.2 Å². The minimum Gasteiger partial charge on any atom is -0.495 e. The number of imidazole rings is 1. The molecule has 356 valence electrons. The third-order valence-electron chi connectivity index (χ3n) is 13.2. The van der Waals surface area contributed by atoms with Gasteiger partial charge in [-0.25, -0.2) is 15.0 Å². The van der Waals surface area contributed by atoms with Crippen molar-refractivity contribution in [2.24, 2.45) is 5.41 Å². The minimum absolute atomic E-state index is 0.0629. The van der Waals surface area contributed by atoms with Crippen LogP contribution in [-0.4, -0.2) is 91.4 Å². The Labute approximate surface area is 401 Å². The van der Waals surface area contributed by atoms with Gasteiger partial charge < -0.3 is 35.8 Å². The lowest BCUT2D eigenvalue weighted by Crippen LogP contribution is -2.57. The second-order valence-electron chi connectivity index (χ2n) is 18.8. The van der Waals surface area contributed by atoms with Crippen LogP contribution < -0.4 is 30.9 Å². The van der Waals surface area contributed by atoms with Crippen molar-refractivity contribution in [2.75, 3.05) is 30.4 Å². The van der Waals surface area contributed by atoms with Crippen LogP contribution in [0.25, 0.3) is 16.1 Å². The van der Waals surface area contributed by atoms with Crippen molar-refractivity contribution in [3.63, 3.8) is 0 Å². The molecule has 0 spiro atoms. The van der Waals surface area contributed by atoms with Gasteiger partial charge in [-0.05, 0) is 80.2 Å². The summed E-state index contributed by atoms with van der Waals surface area (Å²) < 4.78 is 7.64. The summed E-state index contributed by atoms with van der Waals surface area (Å²) in [6.07, 6.45) is 10.2. The molecule has 3 atom stereocenters. The third kappa shape index (κ3) is 10.0. The zero-order valence-corrected chi connectivity index (χ0v) is 40.4. The number of nitrogens with one attached hydrogen (secondary N) is 4. The van der Waals surface area contributed by atoms with Gasteiger partial charge in [0.05, 0.1) is 46.8 Å². The lowest BCUT2D eigenvalue weighted by Gasteiger charge is -2.41. The highest BCUT2D eigenvalue weighted by atomic mass is 32.1. The summed E-state index contributed by atoms with van der Waals surface area (Å²) in [6.45, 7) is 10.8. The summed E-state index contributed by atoms with van der Waals surface area (Å²) in [5.41, 5.74) is 7.19. The molecule has 3 aliphatic rings. The summed E-state index contributed by atoms with van der Waals surface area (Å²) in [4.78, 5) is 77.7. The number of hydrogen-bond acceptors (Lipinski definition) is 13. The molecule has 4 amide bonds. The molecule has 0 bridgehead atoms.